The van der Waals surface area contributed by atoms with E-state index in [-0.39, 0.29) is 0 Å². The largest absolute Gasteiger partial charge is 0.383 e. The van der Waals surface area contributed by atoms with Gasteiger partial charge in [-0.3, -0.25) is 0 Å². The van der Waals surface area contributed by atoms with Crippen molar-refractivity contribution in [3.8, 4) is 0 Å². The first-order chi connectivity index (χ1) is 9.63. The van der Waals surface area contributed by atoms with Crippen LogP contribution in [0.25, 0.3) is 0 Å². The van der Waals surface area contributed by atoms with E-state index in [2.05, 4.69) is 17.2 Å². The van der Waals surface area contributed by atoms with E-state index in [1.54, 1.807) is 0 Å². The minimum absolute atomic E-state index is 0.550. The molecule has 3 rings (SSSR count). The van der Waals surface area contributed by atoms with Gasteiger partial charge in [0.1, 0.15) is 17.5 Å². The minimum Gasteiger partial charge on any atom is -0.383 e. The number of nitrogens with two attached hydrogens (primary N) is 1. The standard InChI is InChI=1S/C16H26N4/c1-10-3-5-12(6-4-10)9-18-15-11(2)14(17)19-16(20-15)13-7-8-13/h10,12-13H,3-9H2,1-2H3,(H3,17,18,19,20). The molecule has 2 saturated carbocycles. The second-order valence-electron chi connectivity index (χ2n) is 6.72. The van der Waals surface area contributed by atoms with Crippen molar-refractivity contribution >= 4 is 11.6 Å². The minimum atomic E-state index is 0.550. The number of hydrogen-bond donors (Lipinski definition) is 2. The van der Waals surface area contributed by atoms with E-state index in [1.807, 2.05) is 6.92 Å². The van der Waals surface area contributed by atoms with Crippen LogP contribution in [-0.2, 0) is 0 Å². The SMILES string of the molecule is Cc1c(N)nc(C2CC2)nc1NCC1CCC(C)CC1. The number of nitrogens with one attached hydrogen (secondary N) is 1. The molecule has 2 aliphatic carbocycles. The predicted molar refractivity (Wildman–Crippen MR) is 82.8 cm³/mol. The second-order valence-corrected chi connectivity index (χ2v) is 6.72. The number of nitrogens with zero attached hydrogens (tertiary/aromatic N) is 2. The van der Waals surface area contributed by atoms with E-state index in [4.69, 9.17) is 10.7 Å². The van der Waals surface area contributed by atoms with Gasteiger partial charge in [0, 0.05) is 18.0 Å². The molecule has 1 aromatic heterocycles. The summed E-state index contributed by atoms with van der Waals surface area (Å²) in [5.41, 5.74) is 7.02. The van der Waals surface area contributed by atoms with Crippen molar-refractivity contribution in [1.29, 1.82) is 0 Å². The number of anilines is 2. The molecule has 0 radical (unpaired) electrons. The highest BCUT2D eigenvalue weighted by Gasteiger charge is 2.28. The quantitative estimate of drug-likeness (QED) is 0.882. The Morgan fingerprint density at radius 1 is 1.10 bits per heavy atom. The normalized spacial score (nSPS) is 26.5. The Morgan fingerprint density at radius 2 is 1.80 bits per heavy atom. The third-order valence-corrected chi connectivity index (χ3v) is 4.84. The lowest BCUT2D eigenvalue weighted by molar-refractivity contribution is 0.300. The van der Waals surface area contributed by atoms with Crippen LogP contribution in [0.15, 0.2) is 0 Å². The van der Waals surface area contributed by atoms with Crippen LogP contribution in [-0.4, -0.2) is 16.5 Å². The van der Waals surface area contributed by atoms with Gasteiger partial charge in [-0.2, -0.15) is 0 Å². The molecule has 0 aromatic carbocycles. The van der Waals surface area contributed by atoms with Crippen molar-refractivity contribution in [1.82, 2.24) is 9.97 Å². The average molecular weight is 274 g/mol. The number of aromatic nitrogens is 2. The van der Waals surface area contributed by atoms with Crippen molar-refractivity contribution in [2.75, 3.05) is 17.6 Å². The van der Waals surface area contributed by atoms with Gasteiger partial charge in [-0.05, 0) is 44.4 Å². The van der Waals surface area contributed by atoms with Crippen LogP contribution < -0.4 is 11.1 Å². The second kappa shape index (κ2) is 5.58. The fourth-order valence-electron chi connectivity index (χ4n) is 3.02. The zero-order chi connectivity index (χ0) is 14.1. The molecule has 0 amide bonds. The predicted octanol–water partition coefficient (Wildman–Crippen LogP) is 3.48. The topological polar surface area (TPSA) is 63.8 Å². The van der Waals surface area contributed by atoms with Gasteiger partial charge in [0.05, 0.1) is 0 Å². The maximum absolute atomic E-state index is 6.02. The maximum Gasteiger partial charge on any atom is 0.136 e. The lowest BCUT2D eigenvalue weighted by Gasteiger charge is -2.26. The van der Waals surface area contributed by atoms with Gasteiger partial charge >= 0.3 is 0 Å². The third kappa shape index (κ3) is 3.05. The molecule has 4 nitrogen and oxygen atoms in total. The first-order valence-corrected chi connectivity index (χ1v) is 8.01. The van der Waals surface area contributed by atoms with E-state index in [9.17, 15) is 0 Å². The molecule has 1 heterocycles. The lowest BCUT2D eigenvalue weighted by atomic mass is 9.83. The molecular weight excluding hydrogens is 248 g/mol. The molecule has 0 saturated heterocycles. The van der Waals surface area contributed by atoms with Gasteiger partial charge < -0.3 is 11.1 Å². The summed E-state index contributed by atoms with van der Waals surface area (Å²) in [6.07, 6.45) is 7.83. The Balaban J connectivity index is 1.64. The molecule has 2 fully saturated rings. The Bertz CT molecular complexity index is 474. The highest BCUT2D eigenvalue weighted by Crippen LogP contribution is 2.39. The molecule has 20 heavy (non-hydrogen) atoms. The summed E-state index contributed by atoms with van der Waals surface area (Å²) in [7, 11) is 0. The van der Waals surface area contributed by atoms with Crippen molar-refractivity contribution in [2.45, 2.75) is 58.3 Å². The van der Waals surface area contributed by atoms with Crippen LogP contribution in [0.2, 0.25) is 0 Å². The summed E-state index contributed by atoms with van der Waals surface area (Å²) >= 11 is 0. The summed E-state index contributed by atoms with van der Waals surface area (Å²) in [4.78, 5) is 9.12. The van der Waals surface area contributed by atoms with Crippen LogP contribution in [0.5, 0.6) is 0 Å². The average Bonchev–Trinajstić information content (AvgIpc) is 3.26. The van der Waals surface area contributed by atoms with Gasteiger partial charge in [0.15, 0.2) is 0 Å². The molecule has 1 aromatic rings. The van der Waals surface area contributed by atoms with E-state index >= 15 is 0 Å². The zero-order valence-electron chi connectivity index (χ0n) is 12.7. The molecular formula is C16H26N4. The van der Waals surface area contributed by atoms with E-state index in [0.717, 1.165) is 35.6 Å². The van der Waals surface area contributed by atoms with Crippen LogP contribution in [0, 0.1) is 18.8 Å². The Morgan fingerprint density at radius 3 is 2.45 bits per heavy atom. The summed E-state index contributed by atoms with van der Waals surface area (Å²) in [6.45, 7) is 5.40. The fraction of sp³-hybridized carbons (Fsp3) is 0.750. The lowest BCUT2D eigenvalue weighted by Crippen LogP contribution is -2.21. The highest BCUT2D eigenvalue weighted by molar-refractivity contribution is 5.55. The van der Waals surface area contributed by atoms with Crippen LogP contribution in [0.1, 0.15) is 62.8 Å². The van der Waals surface area contributed by atoms with Crippen LogP contribution >= 0.6 is 0 Å². The van der Waals surface area contributed by atoms with E-state index in [0.29, 0.717) is 11.7 Å². The zero-order valence-corrected chi connectivity index (χ0v) is 12.7. The Labute approximate surface area is 121 Å². The summed E-state index contributed by atoms with van der Waals surface area (Å²) < 4.78 is 0. The van der Waals surface area contributed by atoms with Gasteiger partial charge in [0.25, 0.3) is 0 Å². The summed E-state index contributed by atoms with van der Waals surface area (Å²) in [6, 6.07) is 0. The molecule has 0 spiro atoms. The van der Waals surface area contributed by atoms with Gasteiger partial charge in [-0.25, -0.2) is 9.97 Å². The van der Waals surface area contributed by atoms with Crippen molar-refractivity contribution in [3.63, 3.8) is 0 Å². The number of nitrogen functional groups attached to an aromatic ring is 1. The van der Waals surface area contributed by atoms with Gasteiger partial charge in [0.2, 0.25) is 0 Å². The molecule has 3 N–H and O–H groups in total. The summed E-state index contributed by atoms with van der Waals surface area (Å²) in [5.74, 6) is 4.77. The molecule has 0 atom stereocenters. The molecule has 110 valence electrons. The maximum atomic E-state index is 6.02. The first-order valence-electron chi connectivity index (χ1n) is 8.01. The first kappa shape index (κ1) is 13.7. The smallest absolute Gasteiger partial charge is 0.136 e. The monoisotopic (exact) mass is 274 g/mol. The number of hydrogen-bond acceptors (Lipinski definition) is 4. The Kier molecular flexibility index (Phi) is 3.81. The van der Waals surface area contributed by atoms with Gasteiger partial charge in [-0.1, -0.05) is 19.8 Å². The molecule has 2 aliphatic rings. The highest BCUT2D eigenvalue weighted by atomic mass is 15.1. The van der Waals surface area contributed by atoms with Crippen molar-refractivity contribution < 1.29 is 0 Å². The molecule has 0 bridgehead atoms. The van der Waals surface area contributed by atoms with Crippen molar-refractivity contribution in [3.05, 3.63) is 11.4 Å². The van der Waals surface area contributed by atoms with Crippen LogP contribution in [0.3, 0.4) is 0 Å². The molecule has 0 aliphatic heterocycles. The van der Waals surface area contributed by atoms with Crippen molar-refractivity contribution in [2.24, 2.45) is 11.8 Å². The molecule has 4 heteroatoms. The summed E-state index contributed by atoms with van der Waals surface area (Å²) in [5, 5.41) is 3.53. The van der Waals surface area contributed by atoms with Crippen LogP contribution in [0.4, 0.5) is 11.6 Å². The fourth-order valence-corrected chi connectivity index (χ4v) is 3.02. The van der Waals surface area contributed by atoms with E-state index in [1.165, 1.54) is 38.5 Å². The molecule has 0 unspecified atom stereocenters. The number of rotatable bonds is 4. The van der Waals surface area contributed by atoms with E-state index < -0.39 is 0 Å². The Hall–Kier alpha value is -1.32. The third-order valence-electron chi connectivity index (χ3n) is 4.84. The van der Waals surface area contributed by atoms with Gasteiger partial charge in [-0.15, -0.1) is 0 Å².